The van der Waals surface area contributed by atoms with E-state index in [1.54, 1.807) is 20.2 Å². The van der Waals surface area contributed by atoms with Crippen LogP contribution in [-0.2, 0) is 25.2 Å². The fraction of sp³-hybridized carbons (Fsp3) is 0.520. The molecule has 4 rings (SSSR count). The lowest BCUT2D eigenvalue weighted by molar-refractivity contribution is -0.136. The number of hydrogen-bond acceptors (Lipinski definition) is 16. The van der Waals surface area contributed by atoms with Gasteiger partial charge in [0.05, 0.1) is 23.5 Å². The van der Waals surface area contributed by atoms with E-state index < -0.39 is 11.5 Å². The summed E-state index contributed by atoms with van der Waals surface area (Å²) in [5, 5.41) is 28.4. The maximum absolute atomic E-state index is 10.4. The molecule has 0 saturated heterocycles. The molecule has 0 saturated carbocycles. The van der Waals surface area contributed by atoms with Crippen LogP contribution in [0.2, 0.25) is 0 Å². The highest BCUT2D eigenvalue weighted by Crippen LogP contribution is 2.54. The van der Waals surface area contributed by atoms with Crippen molar-refractivity contribution in [3.8, 4) is 0 Å². The maximum atomic E-state index is 10.4. The van der Waals surface area contributed by atoms with Crippen LogP contribution in [0, 0.1) is 0 Å². The van der Waals surface area contributed by atoms with Crippen molar-refractivity contribution in [1.82, 2.24) is 5.32 Å². The van der Waals surface area contributed by atoms with E-state index in [2.05, 4.69) is 56.6 Å². The number of aliphatic carboxylic acids is 1. The number of nitrogens with zero attached hydrogens (tertiary/aromatic N) is 2. The van der Waals surface area contributed by atoms with Gasteiger partial charge in [0.25, 0.3) is 0 Å². The second-order valence-electron chi connectivity index (χ2n) is 16.1. The monoisotopic (exact) mass is 1040 g/mol. The van der Waals surface area contributed by atoms with E-state index in [0.717, 1.165) is 130 Å². The molecule has 2 aliphatic heterocycles. The fourth-order valence-electron chi connectivity index (χ4n) is 6.74. The average molecular weight is 1040 g/mol. The SMILES string of the molecule is CC1(CCCSO)C(/C=C/C=C/C=C/C=C2/N(C(C)(C)CO)c3ccc(SO)cc3C2(C)CCCSO)=Nc2ccc(SO)cc21.CCC.CCC(=O)O.CCCO.CNC(=O)CCC=O.CS. The summed E-state index contributed by atoms with van der Waals surface area (Å²) in [4.78, 5) is 38.0. The molecule has 1 amide bonds. The summed E-state index contributed by atoms with van der Waals surface area (Å²) in [6, 6.07) is 11.8. The first-order valence-corrected chi connectivity index (χ1v) is 26.9. The number of nitrogens with one attached hydrogen (secondary N) is 1. The van der Waals surface area contributed by atoms with E-state index in [4.69, 9.17) is 15.2 Å². The number of fused-ring (bicyclic) bond motifs is 2. The lowest BCUT2D eigenvalue weighted by atomic mass is 9.76. The quantitative estimate of drug-likeness (QED) is 0.0187. The summed E-state index contributed by atoms with van der Waals surface area (Å²) in [6.45, 7) is 16.5. The Morgan fingerprint density at radius 2 is 1.32 bits per heavy atom. The van der Waals surface area contributed by atoms with Gasteiger partial charge in [0.1, 0.15) is 6.29 Å². The number of allylic oxidation sites excluding steroid dienone is 8. The molecule has 2 atom stereocenters. The Hall–Kier alpha value is -3.01. The first kappa shape index (κ1) is 67.1. The van der Waals surface area contributed by atoms with Gasteiger partial charge in [-0.15, -0.1) is 0 Å². The van der Waals surface area contributed by atoms with Gasteiger partial charge in [0.2, 0.25) is 5.91 Å². The smallest absolute Gasteiger partial charge is 0.303 e. The predicted octanol–water partition coefficient (Wildman–Crippen LogP) is 12.8. The Bertz CT molecular complexity index is 1910. The normalized spacial score (nSPS) is 17.3. The van der Waals surface area contributed by atoms with Gasteiger partial charge < -0.3 is 48.5 Å². The molecule has 0 aromatic heterocycles. The highest BCUT2D eigenvalue weighted by Gasteiger charge is 2.47. The van der Waals surface area contributed by atoms with Gasteiger partial charge in [-0.2, -0.15) is 12.6 Å². The van der Waals surface area contributed by atoms with Crippen LogP contribution in [0.3, 0.4) is 0 Å². The van der Waals surface area contributed by atoms with Crippen molar-refractivity contribution in [2.45, 2.75) is 139 Å². The number of aliphatic imine (C=N–C) groups is 1. The number of carboxylic acids is 1. The second kappa shape index (κ2) is 38.7. The number of aliphatic hydroxyl groups is 2. The number of carbonyl (C=O) groups excluding carboxylic acids is 2. The van der Waals surface area contributed by atoms with E-state index in [1.807, 2.05) is 93.6 Å². The maximum Gasteiger partial charge on any atom is 0.303 e. The molecule has 2 heterocycles. The van der Waals surface area contributed by atoms with E-state index in [-0.39, 0.29) is 29.8 Å². The Kier molecular flexibility index (Phi) is 38.2. The number of aliphatic hydroxyl groups excluding tert-OH is 2. The zero-order valence-corrected chi connectivity index (χ0v) is 45.8. The molecule has 2 aliphatic rings. The zero-order valence-electron chi connectivity index (χ0n) is 41.6. The first-order chi connectivity index (χ1) is 32.5. The van der Waals surface area contributed by atoms with Gasteiger partial charge in [0, 0.05) is 101 Å². The molecule has 0 spiro atoms. The number of amides is 1. The summed E-state index contributed by atoms with van der Waals surface area (Å²) in [5.74, 6) is 0.440. The van der Waals surface area contributed by atoms with Crippen molar-refractivity contribution in [3.63, 3.8) is 0 Å². The van der Waals surface area contributed by atoms with E-state index >= 15 is 0 Å². The average Bonchev–Trinajstić information content (AvgIpc) is 3.77. The standard InChI is InChI=1S/C35H44N2O5S4.C5H9NO2.C3H6O2.C3H8O.C3H8.CH4S/c1-33(2,24-38)37-30-17-15-26(46-42)23-28(30)35(4,19-11-21-44-40)32(37)13-9-7-5-6-8-12-31-34(3,18-10-20-43-39)27-22-25(45-41)14-16-29(27)36-31;1-6-5(8)3-2-4-7;1-2-3(4)5;1-2-3-4;1-3-2;1-2/h5-9,12-17,22-23,38-42H,10-11,18-21,24H2,1-4H3;4H,2-3H2,1H3,(H,6,8);2H2,1H3,(H,4,5);4H,2-3H2,1H3;3H2,1-2H3;2H,1H3/b6-5+,9-7+,12-8+,32-13+;;;;;. The highest BCUT2D eigenvalue weighted by molar-refractivity contribution is 7.94. The lowest BCUT2D eigenvalue weighted by Crippen LogP contribution is -2.47. The molecule has 13 nitrogen and oxygen atoms in total. The van der Waals surface area contributed by atoms with E-state index in [9.17, 15) is 37.7 Å². The number of rotatable bonds is 21. The Balaban J connectivity index is 0. The summed E-state index contributed by atoms with van der Waals surface area (Å²) < 4.78 is 38.1. The van der Waals surface area contributed by atoms with Gasteiger partial charge in [-0.05, 0) is 150 Å². The molecule has 2 aromatic carbocycles. The lowest BCUT2D eigenvalue weighted by Gasteiger charge is -2.40. The molecule has 0 bridgehead atoms. The van der Waals surface area contributed by atoms with Crippen molar-refractivity contribution in [1.29, 1.82) is 0 Å². The number of anilines is 1. The second-order valence-corrected chi connectivity index (χ2v) is 18.8. The van der Waals surface area contributed by atoms with E-state index in [0.29, 0.717) is 31.0 Å². The zero-order chi connectivity index (χ0) is 52.2. The highest BCUT2D eigenvalue weighted by atomic mass is 32.2. The fourth-order valence-corrected chi connectivity index (χ4v) is 7.88. The topological polar surface area (TPSA) is 220 Å². The first-order valence-electron chi connectivity index (χ1n) is 22.6. The molecule has 384 valence electrons. The number of carboxylic acid groups (broad SMARTS) is 1. The third-order valence-electron chi connectivity index (χ3n) is 10.3. The molecule has 0 radical (unpaired) electrons. The third kappa shape index (κ3) is 22.8. The van der Waals surface area contributed by atoms with Crippen molar-refractivity contribution in [2.75, 3.05) is 42.9 Å². The molecule has 68 heavy (non-hydrogen) atoms. The van der Waals surface area contributed by atoms with Gasteiger partial charge >= 0.3 is 5.97 Å². The number of thiol groups is 1. The number of hydrogen-bond donors (Lipinski definition) is 9. The molecule has 0 aliphatic carbocycles. The molecular formula is C50H79N3O10S5. The number of carbonyl (C=O) groups is 3. The third-order valence-corrected chi connectivity index (χ3v) is 12.1. The van der Waals surface area contributed by atoms with Crippen molar-refractivity contribution in [2.24, 2.45) is 4.99 Å². The molecule has 0 fully saturated rings. The van der Waals surface area contributed by atoms with Crippen LogP contribution in [0.1, 0.15) is 124 Å². The van der Waals surface area contributed by atoms with E-state index in [1.165, 1.54) is 6.42 Å². The minimum atomic E-state index is -0.745. The summed E-state index contributed by atoms with van der Waals surface area (Å²) in [6.07, 6.45) is 22.7. The van der Waals surface area contributed by atoms with Gasteiger partial charge in [-0.3, -0.25) is 14.6 Å². The van der Waals surface area contributed by atoms with Gasteiger partial charge in [-0.25, -0.2) is 0 Å². The molecule has 2 unspecified atom stereocenters. The molecule has 2 aromatic rings. The summed E-state index contributed by atoms with van der Waals surface area (Å²) in [7, 11) is 1.55. The van der Waals surface area contributed by atoms with Gasteiger partial charge in [0.15, 0.2) is 0 Å². The van der Waals surface area contributed by atoms with Crippen molar-refractivity contribution < 1.29 is 47.9 Å². The Morgan fingerprint density at radius 1 is 0.824 bits per heavy atom. The van der Waals surface area contributed by atoms with Crippen LogP contribution in [0.5, 0.6) is 0 Å². The summed E-state index contributed by atoms with van der Waals surface area (Å²) >= 11 is 6.69. The van der Waals surface area contributed by atoms with Crippen LogP contribution in [0.15, 0.2) is 99.4 Å². The minimum Gasteiger partial charge on any atom is -0.481 e. The molecule has 18 heteroatoms. The van der Waals surface area contributed by atoms with Crippen LogP contribution in [0.25, 0.3) is 0 Å². The van der Waals surface area contributed by atoms with Crippen LogP contribution in [0.4, 0.5) is 11.4 Å². The van der Waals surface area contributed by atoms with Crippen molar-refractivity contribution in [3.05, 3.63) is 95.8 Å². The largest absolute Gasteiger partial charge is 0.481 e. The Labute approximate surface area is 429 Å². The van der Waals surface area contributed by atoms with Gasteiger partial charge in [-0.1, -0.05) is 64.5 Å². The van der Waals surface area contributed by atoms with Crippen LogP contribution < -0.4 is 10.2 Å². The Morgan fingerprint density at radius 3 is 1.79 bits per heavy atom. The summed E-state index contributed by atoms with van der Waals surface area (Å²) in [5.41, 5.74) is 4.83. The predicted molar refractivity (Wildman–Crippen MR) is 295 cm³/mol. The molecule has 8 N–H and O–H groups in total. The number of aldehydes is 1. The van der Waals surface area contributed by atoms with Crippen LogP contribution in [-0.4, -0.2) is 101 Å². The van der Waals surface area contributed by atoms with Crippen LogP contribution >= 0.6 is 60.8 Å². The van der Waals surface area contributed by atoms with Crippen molar-refractivity contribution >= 4 is 96.0 Å². The number of benzene rings is 2. The molecular weight excluding hydrogens is 963 g/mol. The minimum absolute atomic E-state index is 0.0388.